The minimum Gasteiger partial charge on any atom is -0.396 e. The Morgan fingerprint density at radius 1 is 1.35 bits per heavy atom. The van der Waals surface area contributed by atoms with Gasteiger partial charge >= 0.3 is 0 Å². The first-order valence-corrected chi connectivity index (χ1v) is 8.15. The summed E-state index contributed by atoms with van der Waals surface area (Å²) < 4.78 is 0. The molecular weight excluding hydrogens is 292 g/mol. The van der Waals surface area contributed by atoms with Crippen molar-refractivity contribution >= 4 is 17.5 Å². The van der Waals surface area contributed by atoms with Crippen LogP contribution in [0.3, 0.4) is 0 Å². The highest BCUT2D eigenvalue weighted by atomic mass is 16.3. The summed E-state index contributed by atoms with van der Waals surface area (Å²) in [5.74, 6) is 0.141. The lowest BCUT2D eigenvalue weighted by molar-refractivity contribution is -0.118. The molecule has 23 heavy (non-hydrogen) atoms. The summed E-state index contributed by atoms with van der Waals surface area (Å²) in [6.45, 7) is 2.66. The molecule has 2 atom stereocenters. The second kappa shape index (κ2) is 6.54. The first-order valence-electron chi connectivity index (χ1n) is 8.15. The molecule has 1 aromatic rings. The molecule has 1 aliphatic heterocycles. The summed E-state index contributed by atoms with van der Waals surface area (Å²) in [7, 11) is 0. The number of hydrogen-bond acceptors (Lipinski definition) is 3. The molecule has 5 heteroatoms. The first-order chi connectivity index (χ1) is 11.1. The van der Waals surface area contributed by atoms with Crippen LogP contribution in [0.25, 0.3) is 0 Å². The van der Waals surface area contributed by atoms with Gasteiger partial charge in [0.2, 0.25) is 5.91 Å². The number of aliphatic hydroxyl groups is 1. The zero-order valence-electron chi connectivity index (χ0n) is 13.3. The molecule has 0 radical (unpaired) electrons. The number of nitrogens with one attached hydrogen (secondary N) is 1. The number of aliphatic hydroxyl groups excluding tert-OH is 1. The highest BCUT2D eigenvalue weighted by Crippen LogP contribution is 2.29. The fourth-order valence-electron chi connectivity index (χ4n) is 3.26. The Hall–Kier alpha value is -2.14. The largest absolute Gasteiger partial charge is 0.396 e. The molecule has 0 spiro atoms. The van der Waals surface area contributed by atoms with Crippen molar-refractivity contribution in [3.63, 3.8) is 0 Å². The van der Waals surface area contributed by atoms with Crippen LogP contribution in [0.1, 0.15) is 35.7 Å². The van der Waals surface area contributed by atoms with E-state index < -0.39 is 0 Å². The van der Waals surface area contributed by atoms with Crippen LogP contribution in [0.2, 0.25) is 0 Å². The normalized spacial score (nSPS) is 22.3. The summed E-state index contributed by atoms with van der Waals surface area (Å²) in [6, 6.07) is 5.50. The maximum atomic E-state index is 12.4. The Bertz CT molecular complexity index is 654. The Kier molecular flexibility index (Phi) is 4.48. The van der Waals surface area contributed by atoms with E-state index in [-0.39, 0.29) is 30.4 Å². The van der Waals surface area contributed by atoms with Gasteiger partial charge in [0.1, 0.15) is 0 Å². The third-order valence-electron chi connectivity index (χ3n) is 4.56. The molecule has 5 nitrogen and oxygen atoms in total. The Morgan fingerprint density at radius 2 is 2.17 bits per heavy atom. The number of fused-ring (bicyclic) bond motifs is 1. The molecule has 2 N–H and O–H groups in total. The van der Waals surface area contributed by atoms with Gasteiger partial charge in [-0.2, -0.15) is 0 Å². The van der Waals surface area contributed by atoms with Crippen LogP contribution < -0.4 is 10.2 Å². The van der Waals surface area contributed by atoms with Crippen LogP contribution in [-0.2, 0) is 11.2 Å². The lowest BCUT2D eigenvalue weighted by atomic mass is 10.1. The van der Waals surface area contributed by atoms with Gasteiger partial charge in [-0.3, -0.25) is 9.59 Å². The molecule has 0 aromatic heterocycles. The Morgan fingerprint density at radius 3 is 2.87 bits per heavy atom. The zero-order valence-corrected chi connectivity index (χ0v) is 13.3. The number of nitrogens with zero attached hydrogens (tertiary/aromatic N) is 1. The molecule has 2 aliphatic rings. The van der Waals surface area contributed by atoms with Crippen LogP contribution in [0.4, 0.5) is 5.69 Å². The van der Waals surface area contributed by atoms with Crippen molar-refractivity contribution in [1.82, 2.24) is 5.32 Å². The molecule has 1 aromatic carbocycles. The number of benzene rings is 1. The van der Waals surface area contributed by atoms with E-state index in [4.69, 9.17) is 5.11 Å². The van der Waals surface area contributed by atoms with Crippen molar-refractivity contribution in [3.8, 4) is 0 Å². The smallest absolute Gasteiger partial charge is 0.251 e. The maximum Gasteiger partial charge on any atom is 0.251 e. The molecule has 2 amide bonds. The van der Waals surface area contributed by atoms with E-state index in [1.807, 2.05) is 31.2 Å². The van der Waals surface area contributed by atoms with Crippen molar-refractivity contribution < 1.29 is 14.7 Å². The second-order valence-corrected chi connectivity index (χ2v) is 6.14. The minimum absolute atomic E-state index is 0.0222. The zero-order chi connectivity index (χ0) is 16.4. The highest BCUT2D eigenvalue weighted by Gasteiger charge is 2.25. The molecule has 0 saturated heterocycles. The Labute approximate surface area is 136 Å². The van der Waals surface area contributed by atoms with E-state index in [2.05, 4.69) is 5.32 Å². The lowest BCUT2D eigenvalue weighted by Crippen LogP contribution is -2.33. The van der Waals surface area contributed by atoms with Gasteiger partial charge in [0.05, 0.1) is 0 Å². The van der Waals surface area contributed by atoms with Crippen molar-refractivity contribution in [1.29, 1.82) is 0 Å². The van der Waals surface area contributed by atoms with Gasteiger partial charge in [-0.15, -0.1) is 0 Å². The van der Waals surface area contributed by atoms with Crippen molar-refractivity contribution in [3.05, 3.63) is 41.5 Å². The standard InChI is InChI=1S/C18H22N2O3/c1-2-17(22)20-8-7-13-10-14(4-6-16(13)20)18(23)19-15-5-3-12(9-15)11-21/h3-6,10,12,15,21H,2,7-9,11H2,1H3,(H,19,23)/t12-,15+/m0/s1. The number of carbonyl (C=O) groups excluding carboxylic acids is 2. The van der Waals surface area contributed by atoms with E-state index in [0.29, 0.717) is 18.5 Å². The Balaban J connectivity index is 1.69. The van der Waals surface area contributed by atoms with Gasteiger partial charge in [-0.1, -0.05) is 19.1 Å². The average molecular weight is 314 g/mol. The summed E-state index contributed by atoms with van der Waals surface area (Å²) >= 11 is 0. The molecule has 1 aliphatic carbocycles. The van der Waals surface area contributed by atoms with Crippen LogP contribution >= 0.6 is 0 Å². The van der Waals surface area contributed by atoms with Gasteiger partial charge in [0, 0.05) is 42.8 Å². The first kappa shape index (κ1) is 15.7. The molecule has 122 valence electrons. The van der Waals surface area contributed by atoms with Crippen molar-refractivity contribution in [2.45, 2.75) is 32.2 Å². The van der Waals surface area contributed by atoms with E-state index in [1.54, 1.807) is 11.0 Å². The van der Waals surface area contributed by atoms with E-state index in [9.17, 15) is 9.59 Å². The molecule has 0 unspecified atom stereocenters. The van der Waals surface area contributed by atoms with Gasteiger partial charge < -0.3 is 15.3 Å². The number of rotatable bonds is 4. The quantitative estimate of drug-likeness (QED) is 0.830. The highest BCUT2D eigenvalue weighted by molar-refractivity contribution is 5.98. The minimum atomic E-state index is -0.110. The van der Waals surface area contributed by atoms with Gasteiger partial charge in [-0.05, 0) is 36.6 Å². The SMILES string of the molecule is CCC(=O)N1CCc2cc(C(=O)N[C@@H]3C=C[C@H](CO)C3)ccc21. The van der Waals surface area contributed by atoms with E-state index in [0.717, 1.165) is 24.1 Å². The predicted octanol–water partition coefficient (Wildman–Crippen LogP) is 1.65. The van der Waals surface area contributed by atoms with E-state index in [1.165, 1.54) is 0 Å². The van der Waals surface area contributed by atoms with Crippen LogP contribution in [0, 0.1) is 5.92 Å². The molecule has 0 fully saturated rings. The second-order valence-electron chi connectivity index (χ2n) is 6.14. The number of carbonyl (C=O) groups is 2. The topological polar surface area (TPSA) is 69.6 Å². The number of amides is 2. The molecule has 1 heterocycles. The summed E-state index contributed by atoms with van der Waals surface area (Å²) in [4.78, 5) is 26.1. The summed E-state index contributed by atoms with van der Waals surface area (Å²) in [5.41, 5.74) is 2.60. The van der Waals surface area contributed by atoms with Crippen molar-refractivity contribution in [2.75, 3.05) is 18.1 Å². The number of hydrogen-bond donors (Lipinski definition) is 2. The monoisotopic (exact) mass is 314 g/mol. The third kappa shape index (κ3) is 3.15. The maximum absolute atomic E-state index is 12.4. The van der Waals surface area contributed by atoms with Crippen LogP contribution in [-0.4, -0.2) is 36.1 Å². The fourth-order valence-corrected chi connectivity index (χ4v) is 3.26. The lowest BCUT2D eigenvalue weighted by Gasteiger charge is -2.17. The van der Waals surface area contributed by atoms with Crippen LogP contribution in [0.15, 0.2) is 30.4 Å². The summed E-state index contributed by atoms with van der Waals surface area (Å²) in [6.07, 6.45) is 5.90. The fraction of sp³-hybridized carbons (Fsp3) is 0.444. The predicted molar refractivity (Wildman–Crippen MR) is 88.4 cm³/mol. The summed E-state index contributed by atoms with van der Waals surface area (Å²) in [5, 5.41) is 12.1. The van der Waals surface area contributed by atoms with Crippen LogP contribution in [0.5, 0.6) is 0 Å². The molecule has 0 saturated carbocycles. The number of anilines is 1. The van der Waals surface area contributed by atoms with E-state index >= 15 is 0 Å². The van der Waals surface area contributed by atoms with Gasteiger partial charge in [-0.25, -0.2) is 0 Å². The van der Waals surface area contributed by atoms with Crippen molar-refractivity contribution in [2.24, 2.45) is 5.92 Å². The molecular formula is C18H22N2O3. The van der Waals surface area contributed by atoms with Gasteiger partial charge in [0.15, 0.2) is 0 Å². The average Bonchev–Trinajstić information content (AvgIpc) is 3.19. The molecule has 3 rings (SSSR count). The third-order valence-corrected chi connectivity index (χ3v) is 4.56. The molecule has 0 bridgehead atoms. The van der Waals surface area contributed by atoms with Gasteiger partial charge in [0.25, 0.3) is 5.91 Å².